The van der Waals surface area contributed by atoms with E-state index in [1.807, 2.05) is 13.0 Å². The summed E-state index contributed by atoms with van der Waals surface area (Å²) in [5, 5.41) is 11.5. The molecule has 0 aliphatic carbocycles. The third kappa shape index (κ3) is 3.51. The molecular formula is C12H10BrN3O2S. The molecule has 0 fully saturated rings. The SMILES string of the molecule is Cc1cnc(SCc2cccc([N+](=O)[O-])c2Br)nc1. The summed E-state index contributed by atoms with van der Waals surface area (Å²) < 4.78 is 0.514. The van der Waals surface area contributed by atoms with E-state index in [0.29, 0.717) is 15.4 Å². The fourth-order valence-corrected chi connectivity index (χ4v) is 2.93. The Kier molecular flexibility index (Phi) is 4.49. The first kappa shape index (κ1) is 14.0. The van der Waals surface area contributed by atoms with E-state index in [2.05, 4.69) is 25.9 Å². The van der Waals surface area contributed by atoms with Crippen LogP contribution in [0.4, 0.5) is 5.69 Å². The van der Waals surface area contributed by atoms with Gasteiger partial charge in [0.2, 0.25) is 0 Å². The first-order valence-corrected chi connectivity index (χ1v) is 7.19. The molecule has 19 heavy (non-hydrogen) atoms. The maximum absolute atomic E-state index is 10.8. The zero-order valence-electron chi connectivity index (χ0n) is 10.0. The summed E-state index contributed by atoms with van der Waals surface area (Å²) in [5.74, 6) is 0.575. The average molecular weight is 340 g/mol. The minimum Gasteiger partial charge on any atom is -0.258 e. The third-order valence-corrected chi connectivity index (χ3v) is 4.21. The van der Waals surface area contributed by atoms with Crippen molar-refractivity contribution >= 4 is 33.4 Å². The van der Waals surface area contributed by atoms with Crippen molar-refractivity contribution in [1.29, 1.82) is 0 Å². The van der Waals surface area contributed by atoms with Gasteiger partial charge in [0.15, 0.2) is 5.16 Å². The van der Waals surface area contributed by atoms with Gasteiger partial charge in [-0.1, -0.05) is 23.9 Å². The highest BCUT2D eigenvalue weighted by molar-refractivity contribution is 9.10. The monoisotopic (exact) mass is 339 g/mol. The number of hydrogen-bond donors (Lipinski definition) is 0. The molecule has 5 nitrogen and oxygen atoms in total. The smallest absolute Gasteiger partial charge is 0.258 e. The highest BCUT2D eigenvalue weighted by Gasteiger charge is 2.14. The van der Waals surface area contributed by atoms with E-state index in [0.717, 1.165) is 11.1 Å². The summed E-state index contributed by atoms with van der Waals surface area (Å²) in [6, 6.07) is 4.99. The van der Waals surface area contributed by atoms with Crippen LogP contribution in [0.1, 0.15) is 11.1 Å². The number of aryl methyl sites for hydroxylation is 1. The molecule has 0 aliphatic heterocycles. The first-order chi connectivity index (χ1) is 9.08. The highest BCUT2D eigenvalue weighted by atomic mass is 79.9. The molecule has 98 valence electrons. The van der Waals surface area contributed by atoms with Crippen LogP contribution in [0, 0.1) is 17.0 Å². The molecule has 2 rings (SSSR count). The van der Waals surface area contributed by atoms with E-state index in [9.17, 15) is 10.1 Å². The van der Waals surface area contributed by atoms with E-state index in [1.165, 1.54) is 17.8 Å². The van der Waals surface area contributed by atoms with Crippen molar-refractivity contribution in [2.24, 2.45) is 0 Å². The number of halogens is 1. The Balaban J connectivity index is 2.13. The Morgan fingerprint density at radius 2 is 2.05 bits per heavy atom. The Morgan fingerprint density at radius 3 is 2.68 bits per heavy atom. The molecule has 0 amide bonds. The molecule has 1 heterocycles. The molecule has 0 atom stereocenters. The minimum atomic E-state index is -0.402. The second-order valence-electron chi connectivity index (χ2n) is 3.84. The summed E-state index contributed by atoms with van der Waals surface area (Å²) in [5.41, 5.74) is 1.92. The van der Waals surface area contributed by atoms with E-state index in [-0.39, 0.29) is 5.69 Å². The second-order valence-corrected chi connectivity index (χ2v) is 5.57. The lowest BCUT2D eigenvalue weighted by molar-refractivity contribution is -0.385. The Hall–Kier alpha value is -1.47. The maximum atomic E-state index is 10.8. The highest BCUT2D eigenvalue weighted by Crippen LogP contribution is 2.31. The number of nitro benzene ring substituents is 1. The van der Waals surface area contributed by atoms with E-state index < -0.39 is 4.92 Å². The number of nitro groups is 1. The summed E-state index contributed by atoms with van der Waals surface area (Å²) in [7, 11) is 0. The lowest BCUT2D eigenvalue weighted by Gasteiger charge is -2.04. The molecule has 0 spiro atoms. The van der Waals surface area contributed by atoms with Gasteiger partial charge in [-0.2, -0.15) is 0 Å². The van der Waals surface area contributed by atoms with Gasteiger partial charge in [-0.05, 0) is 34.0 Å². The van der Waals surface area contributed by atoms with Crippen LogP contribution in [0.25, 0.3) is 0 Å². The van der Waals surface area contributed by atoms with Crippen LogP contribution in [0.3, 0.4) is 0 Å². The van der Waals surface area contributed by atoms with Gasteiger partial charge in [-0.25, -0.2) is 9.97 Å². The molecule has 0 saturated carbocycles. The van der Waals surface area contributed by atoms with E-state index >= 15 is 0 Å². The van der Waals surface area contributed by atoms with Gasteiger partial charge < -0.3 is 0 Å². The van der Waals surface area contributed by atoms with Crippen LogP contribution in [0.15, 0.2) is 40.2 Å². The summed E-state index contributed by atoms with van der Waals surface area (Å²) >= 11 is 4.71. The van der Waals surface area contributed by atoms with Crippen molar-refractivity contribution in [3.05, 3.63) is 56.3 Å². The first-order valence-electron chi connectivity index (χ1n) is 5.41. The van der Waals surface area contributed by atoms with Gasteiger partial charge in [0, 0.05) is 24.2 Å². The zero-order chi connectivity index (χ0) is 13.8. The molecule has 0 aliphatic rings. The number of aromatic nitrogens is 2. The van der Waals surface area contributed by atoms with Crippen LogP contribution in [0.5, 0.6) is 0 Å². The molecule has 2 aromatic rings. The average Bonchev–Trinajstić information content (AvgIpc) is 2.39. The Bertz CT molecular complexity index is 604. The molecule has 1 aromatic carbocycles. The van der Waals surface area contributed by atoms with Gasteiger partial charge in [0.1, 0.15) is 0 Å². The van der Waals surface area contributed by atoms with Crippen molar-refractivity contribution in [1.82, 2.24) is 9.97 Å². The topological polar surface area (TPSA) is 68.9 Å². The lowest BCUT2D eigenvalue weighted by Crippen LogP contribution is -1.93. The van der Waals surface area contributed by atoms with Gasteiger partial charge >= 0.3 is 0 Å². The zero-order valence-corrected chi connectivity index (χ0v) is 12.4. The molecule has 0 N–H and O–H groups in total. The molecule has 1 aromatic heterocycles. The van der Waals surface area contributed by atoms with Gasteiger partial charge in [0.05, 0.1) is 9.40 Å². The number of hydrogen-bond acceptors (Lipinski definition) is 5. The van der Waals surface area contributed by atoms with Crippen molar-refractivity contribution in [3.63, 3.8) is 0 Å². The summed E-state index contributed by atoms with van der Waals surface area (Å²) in [4.78, 5) is 18.8. The number of thioether (sulfide) groups is 1. The van der Waals surface area contributed by atoms with Crippen LogP contribution >= 0.6 is 27.7 Å². The molecule has 0 bridgehead atoms. The van der Waals surface area contributed by atoms with Gasteiger partial charge in [-0.3, -0.25) is 10.1 Å². The summed E-state index contributed by atoms with van der Waals surface area (Å²) in [6.07, 6.45) is 3.50. The third-order valence-electron chi connectivity index (χ3n) is 2.37. The van der Waals surface area contributed by atoms with Crippen LogP contribution in [-0.2, 0) is 5.75 Å². The predicted octanol–water partition coefficient (Wildman–Crippen LogP) is 3.75. The fraction of sp³-hybridized carbons (Fsp3) is 0.167. The van der Waals surface area contributed by atoms with Gasteiger partial charge in [-0.15, -0.1) is 0 Å². The second kappa shape index (κ2) is 6.12. The molecule has 0 radical (unpaired) electrons. The van der Waals surface area contributed by atoms with Crippen molar-refractivity contribution < 1.29 is 4.92 Å². The van der Waals surface area contributed by atoms with E-state index in [1.54, 1.807) is 18.5 Å². The van der Waals surface area contributed by atoms with Crippen LogP contribution in [0.2, 0.25) is 0 Å². The largest absolute Gasteiger partial charge is 0.283 e. The summed E-state index contributed by atoms with van der Waals surface area (Å²) in [6.45, 7) is 1.92. The molecular weight excluding hydrogens is 330 g/mol. The minimum absolute atomic E-state index is 0.0722. The number of nitrogens with zero attached hydrogens (tertiary/aromatic N) is 3. The Morgan fingerprint density at radius 1 is 1.37 bits per heavy atom. The number of benzene rings is 1. The standard InChI is InChI=1S/C12H10BrN3O2S/c1-8-5-14-12(15-6-8)19-7-9-3-2-4-10(11(9)13)16(17)18/h2-6H,7H2,1H3. The lowest BCUT2D eigenvalue weighted by atomic mass is 10.2. The predicted molar refractivity (Wildman–Crippen MR) is 77.1 cm³/mol. The maximum Gasteiger partial charge on any atom is 0.283 e. The van der Waals surface area contributed by atoms with Crippen LogP contribution < -0.4 is 0 Å². The van der Waals surface area contributed by atoms with Crippen molar-refractivity contribution in [2.75, 3.05) is 0 Å². The fourth-order valence-electron chi connectivity index (χ4n) is 1.42. The van der Waals surface area contributed by atoms with Gasteiger partial charge in [0.25, 0.3) is 5.69 Å². The molecule has 7 heteroatoms. The van der Waals surface area contributed by atoms with Crippen molar-refractivity contribution in [2.45, 2.75) is 17.8 Å². The molecule has 0 saturated heterocycles. The molecule has 0 unspecified atom stereocenters. The normalized spacial score (nSPS) is 10.4. The van der Waals surface area contributed by atoms with E-state index in [4.69, 9.17) is 0 Å². The van der Waals surface area contributed by atoms with Crippen molar-refractivity contribution in [3.8, 4) is 0 Å². The van der Waals surface area contributed by atoms with Crippen LogP contribution in [-0.4, -0.2) is 14.9 Å². The number of rotatable bonds is 4. The quantitative estimate of drug-likeness (QED) is 0.367. The Labute approximate surface area is 122 Å².